The number of nitrogens with zero attached hydrogens (tertiary/aromatic N) is 2. The molecule has 0 bridgehead atoms. The van der Waals surface area contributed by atoms with Crippen molar-refractivity contribution >= 4 is 40.2 Å². The smallest absolute Gasteiger partial charge is 0.308 e. The first-order valence-corrected chi connectivity index (χ1v) is 13.2. The molecule has 35 heavy (non-hydrogen) atoms. The first-order valence-electron chi connectivity index (χ1n) is 11.9. The number of aryl methyl sites for hydroxylation is 1. The third-order valence-electron chi connectivity index (χ3n) is 6.73. The Bertz CT molecular complexity index is 1160. The number of methoxy groups -OCH3 is 1. The Morgan fingerprint density at radius 1 is 1.29 bits per heavy atom. The minimum Gasteiger partial charge on any atom is -0.497 e. The van der Waals surface area contributed by atoms with E-state index in [4.69, 9.17) is 16.3 Å². The molecule has 0 amide bonds. The van der Waals surface area contributed by atoms with Crippen molar-refractivity contribution < 1.29 is 19.0 Å². The summed E-state index contributed by atoms with van der Waals surface area (Å²) in [6.07, 6.45) is 5.40. The number of carbonyl (C=O) groups is 1. The Hall–Kier alpha value is -2.35. The fraction of sp³-hybridized carbons (Fsp3) is 0.407. The van der Waals surface area contributed by atoms with Crippen molar-refractivity contribution in [2.75, 3.05) is 32.5 Å². The molecule has 1 saturated heterocycles. The molecule has 0 aliphatic carbocycles. The number of carboxylic acid groups (broad SMARTS) is 1. The van der Waals surface area contributed by atoms with Gasteiger partial charge in [-0.1, -0.05) is 11.6 Å². The summed E-state index contributed by atoms with van der Waals surface area (Å²) in [6, 6.07) is 12.5. The van der Waals surface area contributed by atoms with Gasteiger partial charge >= 0.3 is 5.97 Å². The molecule has 0 radical (unpaired) electrons. The standard InChI is InChI=1S/C27H30ClFN2O3S/c1-34-22-5-6-26-24(16-22)18(7-9-30-26)3-2-4-19-8-10-31(17-25(19)27(32)33)11-12-35-23-14-20(28)13-21(29)15-23/h5-7,9,13-16,19,25H,2-4,8,10-12,17H2,1H3,(H,32,33)/t19-,25+/m1/s1. The van der Waals surface area contributed by atoms with Gasteiger partial charge in [0, 0.05) is 40.3 Å². The summed E-state index contributed by atoms with van der Waals surface area (Å²) < 4.78 is 18.9. The number of halogens is 2. The maximum Gasteiger partial charge on any atom is 0.308 e. The zero-order valence-corrected chi connectivity index (χ0v) is 21.3. The third-order valence-corrected chi connectivity index (χ3v) is 7.90. The molecule has 1 fully saturated rings. The van der Waals surface area contributed by atoms with Crippen LogP contribution in [0, 0.1) is 17.7 Å². The van der Waals surface area contributed by atoms with Crippen LogP contribution in [-0.4, -0.2) is 53.5 Å². The molecule has 2 aromatic carbocycles. The van der Waals surface area contributed by atoms with Crippen LogP contribution in [0.2, 0.25) is 5.02 Å². The third kappa shape index (κ3) is 6.87. The first kappa shape index (κ1) is 25.7. The van der Waals surface area contributed by atoms with Crippen molar-refractivity contribution in [2.24, 2.45) is 11.8 Å². The highest BCUT2D eigenvalue weighted by molar-refractivity contribution is 7.99. The van der Waals surface area contributed by atoms with Crippen LogP contribution in [0.25, 0.3) is 10.9 Å². The minimum absolute atomic E-state index is 0.168. The molecule has 1 N–H and O–H groups in total. The average molecular weight is 517 g/mol. The molecular formula is C27H30ClFN2O3S. The molecule has 0 unspecified atom stereocenters. The number of ether oxygens (including phenoxy) is 1. The lowest BCUT2D eigenvalue weighted by Crippen LogP contribution is -2.44. The summed E-state index contributed by atoms with van der Waals surface area (Å²) in [7, 11) is 1.66. The van der Waals surface area contributed by atoms with Crippen molar-refractivity contribution in [1.82, 2.24) is 9.88 Å². The monoisotopic (exact) mass is 516 g/mol. The summed E-state index contributed by atoms with van der Waals surface area (Å²) >= 11 is 7.47. The lowest BCUT2D eigenvalue weighted by atomic mass is 9.81. The number of benzene rings is 2. The number of hydrogen-bond donors (Lipinski definition) is 1. The molecule has 186 valence electrons. The number of fused-ring (bicyclic) bond motifs is 1. The van der Waals surface area contributed by atoms with Gasteiger partial charge in [0.2, 0.25) is 0 Å². The summed E-state index contributed by atoms with van der Waals surface area (Å²) in [5.41, 5.74) is 2.16. The predicted molar refractivity (Wildman–Crippen MR) is 139 cm³/mol. The Balaban J connectivity index is 1.29. The van der Waals surface area contributed by atoms with Crippen molar-refractivity contribution in [2.45, 2.75) is 30.6 Å². The van der Waals surface area contributed by atoms with E-state index in [0.717, 1.165) is 66.1 Å². The van der Waals surface area contributed by atoms with Crippen LogP contribution in [0.5, 0.6) is 5.75 Å². The van der Waals surface area contributed by atoms with E-state index in [1.54, 1.807) is 24.9 Å². The topological polar surface area (TPSA) is 62.7 Å². The molecule has 2 heterocycles. The van der Waals surface area contributed by atoms with Gasteiger partial charge in [-0.25, -0.2) is 4.39 Å². The zero-order chi connectivity index (χ0) is 24.8. The number of likely N-dealkylation sites (tertiary alicyclic amines) is 1. The number of thioether (sulfide) groups is 1. The van der Waals surface area contributed by atoms with Gasteiger partial charge in [0.1, 0.15) is 11.6 Å². The second-order valence-electron chi connectivity index (χ2n) is 8.99. The molecule has 1 aliphatic heterocycles. The summed E-state index contributed by atoms with van der Waals surface area (Å²) in [6.45, 7) is 2.20. The molecule has 8 heteroatoms. The van der Waals surface area contributed by atoms with Gasteiger partial charge < -0.3 is 14.7 Å². The van der Waals surface area contributed by atoms with E-state index >= 15 is 0 Å². The highest BCUT2D eigenvalue weighted by Crippen LogP contribution is 2.31. The fourth-order valence-electron chi connectivity index (χ4n) is 4.88. The lowest BCUT2D eigenvalue weighted by Gasteiger charge is -2.36. The fourth-order valence-corrected chi connectivity index (χ4v) is 6.16. The van der Waals surface area contributed by atoms with Crippen LogP contribution in [0.15, 0.2) is 53.6 Å². The van der Waals surface area contributed by atoms with Gasteiger partial charge in [-0.2, -0.15) is 0 Å². The van der Waals surface area contributed by atoms with Gasteiger partial charge in [0.05, 0.1) is 18.5 Å². The van der Waals surface area contributed by atoms with Crippen LogP contribution in [0.4, 0.5) is 4.39 Å². The van der Waals surface area contributed by atoms with Crippen LogP contribution in [0.3, 0.4) is 0 Å². The maximum atomic E-state index is 13.5. The molecule has 3 aromatic rings. The number of hydrogen-bond acceptors (Lipinski definition) is 5. The first-order chi connectivity index (χ1) is 16.9. The lowest BCUT2D eigenvalue weighted by molar-refractivity contribution is -0.146. The van der Waals surface area contributed by atoms with Crippen molar-refractivity contribution in [1.29, 1.82) is 0 Å². The van der Waals surface area contributed by atoms with Crippen molar-refractivity contribution in [3.63, 3.8) is 0 Å². The highest BCUT2D eigenvalue weighted by atomic mass is 35.5. The number of pyridine rings is 1. The number of aliphatic carboxylic acids is 1. The van der Waals surface area contributed by atoms with Gasteiger partial charge in [-0.15, -0.1) is 11.8 Å². The molecule has 0 saturated carbocycles. The second-order valence-corrected chi connectivity index (χ2v) is 10.6. The van der Waals surface area contributed by atoms with E-state index in [1.807, 2.05) is 30.5 Å². The number of carboxylic acids is 1. The normalized spacial score (nSPS) is 18.6. The predicted octanol–water partition coefficient (Wildman–Crippen LogP) is 6.17. The largest absolute Gasteiger partial charge is 0.497 e. The van der Waals surface area contributed by atoms with E-state index in [9.17, 15) is 14.3 Å². The summed E-state index contributed by atoms with van der Waals surface area (Å²) in [5.74, 6) is 0.306. The number of rotatable bonds is 10. The quantitative estimate of drug-likeness (QED) is 0.325. The molecule has 1 aliphatic rings. The van der Waals surface area contributed by atoms with Crippen LogP contribution < -0.4 is 4.74 Å². The summed E-state index contributed by atoms with van der Waals surface area (Å²) in [5, 5.41) is 11.4. The van der Waals surface area contributed by atoms with Gasteiger partial charge in [0.15, 0.2) is 0 Å². The molecule has 2 atom stereocenters. The van der Waals surface area contributed by atoms with Crippen molar-refractivity contribution in [3.8, 4) is 5.75 Å². The van der Waals surface area contributed by atoms with E-state index in [-0.39, 0.29) is 17.7 Å². The van der Waals surface area contributed by atoms with Crippen molar-refractivity contribution in [3.05, 3.63) is 65.1 Å². The number of aromatic nitrogens is 1. The van der Waals surface area contributed by atoms with E-state index in [1.165, 1.54) is 17.7 Å². The molecule has 4 rings (SSSR count). The highest BCUT2D eigenvalue weighted by Gasteiger charge is 2.33. The Labute approximate surface area is 214 Å². The Morgan fingerprint density at radius 2 is 2.14 bits per heavy atom. The minimum atomic E-state index is -0.719. The number of piperidine rings is 1. The molecule has 0 spiro atoms. The van der Waals surface area contributed by atoms with Crippen LogP contribution in [0.1, 0.15) is 24.8 Å². The van der Waals surface area contributed by atoms with Crippen LogP contribution >= 0.6 is 23.4 Å². The van der Waals surface area contributed by atoms with Gasteiger partial charge in [0.25, 0.3) is 0 Å². The van der Waals surface area contributed by atoms with E-state index < -0.39 is 5.97 Å². The molecule has 5 nitrogen and oxygen atoms in total. The van der Waals surface area contributed by atoms with Gasteiger partial charge in [-0.05, 0) is 86.2 Å². The Morgan fingerprint density at radius 3 is 2.91 bits per heavy atom. The van der Waals surface area contributed by atoms with E-state index in [2.05, 4.69) is 9.88 Å². The second kappa shape index (κ2) is 12.1. The maximum absolute atomic E-state index is 13.5. The average Bonchev–Trinajstić information content (AvgIpc) is 2.84. The molecule has 1 aromatic heterocycles. The summed E-state index contributed by atoms with van der Waals surface area (Å²) in [4.78, 5) is 19.5. The Kier molecular flexibility index (Phi) is 8.87. The van der Waals surface area contributed by atoms with Crippen LogP contribution in [-0.2, 0) is 11.2 Å². The van der Waals surface area contributed by atoms with E-state index in [0.29, 0.717) is 11.6 Å². The molecular weight excluding hydrogens is 487 g/mol. The zero-order valence-electron chi connectivity index (χ0n) is 19.8. The van der Waals surface area contributed by atoms with Gasteiger partial charge in [-0.3, -0.25) is 9.78 Å². The SMILES string of the molecule is COc1ccc2nccc(CCC[C@@H]3CCN(CCSc4cc(F)cc(Cl)c4)C[C@@H]3C(=O)O)c2c1.